The molecule has 31 atom stereocenters. The van der Waals surface area contributed by atoms with Crippen LogP contribution in [-0.4, -0.2) is 250 Å². The number of methoxy groups -OCH3 is 1. The number of carbonyl (C=O) groups is 1. The van der Waals surface area contributed by atoms with E-state index >= 15 is 0 Å². The average molecular weight is 1200 g/mol. The van der Waals surface area contributed by atoms with Gasteiger partial charge in [0.2, 0.25) is 10.4 Å². The lowest BCUT2D eigenvalue weighted by Gasteiger charge is -2.64. The van der Waals surface area contributed by atoms with Crippen molar-refractivity contribution in [3.8, 4) is 0 Å². The second-order valence-electron chi connectivity index (χ2n) is 25.5. The standard InChI is InChI=1S/C54H84O27S/c1-20(2)31-26-16-53(8)24-10-11-29-51(5,6)30(13-14-52(29,7)23(24)12-15-54(31,53)50(65)75-26)76-48-43(34(59)28(19-71-48)81-82(66,67)68)80-49-44(79-46-36(61)35(60)32(57)21(3)72-46)37(62)40(22(4)73-49)77-47-39(64)42(33(58)27(17-55)74-47)78-45-38(63)41(69-9)25(56)18-70-45/h10,21-23,25-49,55-64H,1,11-19H2,2-9H3,(H,66,67,68)/p-1/t21-,22-,23-,25-,26+,27-,28-,29+,30+,31+,32-,33-,34+,35+,36-,37+,38-,39-,40-,41+,42+,43-,44-,45+,46+,47+,48+,49+,52-,53+,54-/m1/s1. The Labute approximate surface area is 475 Å². The summed E-state index contributed by atoms with van der Waals surface area (Å²) < 4.78 is 113. The number of ether oxygens (including phenoxy) is 12. The molecule has 28 heteroatoms. The molecule has 0 aromatic carbocycles. The third-order valence-electron chi connectivity index (χ3n) is 20.5. The molecule has 1 spiro atoms. The van der Waals surface area contributed by atoms with Crippen LogP contribution in [0.3, 0.4) is 0 Å². The Hall–Kier alpha value is -2.02. The Kier molecular flexibility index (Phi) is 17.8. The predicted octanol–water partition coefficient (Wildman–Crippen LogP) is -2.36. The van der Waals surface area contributed by atoms with Crippen molar-refractivity contribution < 1.29 is 130 Å². The quantitative estimate of drug-likeness (QED) is 0.0355. The summed E-state index contributed by atoms with van der Waals surface area (Å²) in [6.07, 6.45) is -33.9. The van der Waals surface area contributed by atoms with Crippen LogP contribution in [0.25, 0.3) is 0 Å². The molecule has 0 aromatic heterocycles. The fourth-order valence-corrected chi connectivity index (χ4v) is 16.8. The minimum Gasteiger partial charge on any atom is -0.726 e. The zero-order valence-electron chi connectivity index (χ0n) is 47.1. The SMILES string of the molecule is C=C(C)[C@H]1[C@@H]2C[C@@]3(C)C4=CC[C@H]5C(C)(C)[C@@H](O[C@@H]6OC[C@@H](OS(=O)(=O)[O-])[C@H](O)[C@H]6O[C@@H]6O[C@H](C)[C@@H](O[C@@H]7O[C@H](CO)[C@@H](O)[C@H](O[C@@H]8OC[C@@H](O)[C@H](OC)[C@H]8O)[C@H]7O)[C@H](O)[C@H]6O[C@@H]6O[C@H](C)[C@@H](O)[C@H](O)[C@H]6O)CC[C@]5(C)[C@@H]4CC[C@]13C(=O)O2. The fourth-order valence-electron chi connectivity index (χ4n) is 16.3. The van der Waals surface area contributed by atoms with E-state index in [4.69, 9.17) is 61.0 Å². The lowest BCUT2D eigenvalue weighted by Crippen LogP contribution is -2.68. The molecule has 6 heterocycles. The number of fused-ring (bicyclic) bond motifs is 5. The maximum atomic E-state index is 13.8. The minimum absolute atomic E-state index is 0.00131. The van der Waals surface area contributed by atoms with E-state index in [0.717, 1.165) is 12.0 Å². The van der Waals surface area contributed by atoms with Gasteiger partial charge in [0.15, 0.2) is 31.5 Å². The third kappa shape index (κ3) is 10.5. The monoisotopic (exact) mass is 1200 g/mol. The molecular formula is C54H83O27S-. The Balaban J connectivity index is 0.919. The summed E-state index contributed by atoms with van der Waals surface area (Å²) in [5, 5.41) is 112. The topological polar surface area (TPSA) is 397 Å². The largest absolute Gasteiger partial charge is 0.726 e. The molecule has 2 bridgehead atoms. The molecule has 10 rings (SSSR count). The highest BCUT2D eigenvalue weighted by molar-refractivity contribution is 7.80. The van der Waals surface area contributed by atoms with Gasteiger partial charge in [-0.3, -0.25) is 8.98 Å². The molecule has 3 saturated carbocycles. The van der Waals surface area contributed by atoms with Crippen molar-refractivity contribution in [3.63, 3.8) is 0 Å². The van der Waals surface area contributed by atoms with Crippen molar-refractivity contribution >= 4 is 16.4 Å². The van der Waals surface area contributed by atoms with Crippen molar-refractivity contribution in [2.45, 2.75) is 241 Å². The first-order valence-corrected chi connectivity index (χ1v) is 29.7. The van der Waals surface area contributed by atoms with E-state index in [1.54, 1.807) is 0 Å². The lowest BCUT2D eigenvalue weighted by atomic mass is 9.40. The molecule has 0 radical (unpaired) electrons. The maximum Gasteiger partial charge on any atom is 0.314 e. The molecule has 6 saturated heterocycles. The Morgan fingerprint density at radius 1 is 0.707 bits per heavy atom. The van der Waals surface area contributed by atoms with Crippen molar-refractivity contribution in [3.05, 3.63) is 23.8 Å². The van der Waals surface area contributed by atoms with Crippen LogP contribution in [0.4, 0.5) is 0 Å². The van der Waals surface area contributed by atoms with E-state index in [1.807, 2.05) is 6.92 Å². The van der Waals surface area contributed by atoms with Gasteiger partial charge in [0, 0.05) is 18.4 Å². The number of rotatable bonds is 15. The molecule has 10 N–H and O–H groups in total. The van der Waals surface area contributed by atoms with Crippen molar-refractivity contribution in [1.29, 1.82) is 0 Å². The van der Waals surface area contributed by atoms with Gasteiger partial charge in [0.1, 0.15) is 104 Å². The number of allylic oxidation sites excluding steroid dienone is 2. The zero-order valence-corrected chi connectivity index (χ0v) is 48.0. The van der Waals surface area contributed by atoms with Crippen LogP contribution < -0.4 is 0 Å². The molecule has 6 aliphatic heterocycles. The smallest absolute Gasteiger partial charge is 0.314 e. The van der Waals surface area contributed by atoms with Crippen molar-refractivity contribution in [1.82, 2.24) is 0 Å². The molecule has 10 aliphatic rings. The number of hydrogen-bond acceptors (Lipinski definition) is 27. The number of aliphatic hydroxyl groups excluding tert-OH is 10. The molecule has 0 aromatic rings. The van der Waals surface area contributed by atoms with Gasteiger partial charge in [0.05, 0.1) is 43.5 Å². The highest BCUT2D eigenvalue weighted by Gasteiger charge is 2.76. The van der Waals surface area contributed by atoms with Gasteiger partial charge in [-0.1, -0.05) is 51.5 Å². The molecule has 82 heavy (non-hydrogen) atoms. The predicted molar refractivity (Wildman–Crippen MR) is 271 cm³/mol. The summed E-state index contributed by atoms with van der Waals surface area (Å²) in [4.78, 5) is 13.8. The van der Waals surface area contributed by atoms with Crippen LogP contribution >= 0.6 is 0 Å². The Bertz CT molecular complexity index is 2470. The van der Waals surface area contributed by atoms with Crippen molar-refractivity contribution in [2.24, 2.45) is 39.4 Å². The van der Waals surface area contributed by atoms with Crippen LogP contribution in [0.1, 0.15) is 87.0 Å². The van der Waals surface area contributed by atoms with Crippen LogP contribution in [0.2, 0.25) is 0 Å². The fraction of sp³-hybridized carbons (Fsp3) is 0.907. The van der Waals surface area contributed by atoms with Gasteiger partial charge in [-0.05, 0) is 82.0 Å². The summed E-state index contributed by atoms with van der Waals surface area (Å²) in [6, 6.07) is 0. The maximum absolute atomic E-state index is 13.8. The van der Waals surface area contributed by atoms with Gasteiger partial charge in [-0.25, -0.2) is 8.42 Å². The Morgan fingerprint density at radius 3 is 2.00 bits per heavy atom. The first kappa shape index (κ1) is 63.0. The first-order chi connectivity index (χ1) is 38.4. The number of aliphatic hydroxyl groups is 10. The second kappa shape index (κ2) is 23.2. The lowest BCUT2D eigenvalue weighted by molar-refractivity contribution is -0.404. The van der Waals surface area contributed by atoms with Gasteiger partial charge in [0.25, 0.3) is 0 Å². The first-order valence-electron chi connectivity index (χ1n) is 28.4. The van der Waals surface area contributed by atoms with E-state index in [9.17, 15) is 68.8 Å². The summed E-state index contributed by atoms with van der Waals surface area (Å²) in [5.41, 5.74) is 0.213. The van der Waals surface area contributed by atoms with E-state index in [-0.39, 0.29) is 41.8 Å². The van der Waals surface area contributed by atoms with Crippen LogP contribution in [0.15, 0.2) is 23.8 Å². The number of esters is 1. The molecule has 468 valence electrons. The molecule has 0 unspecified atom stereocenters. The molecule has 4 aliphatic carbocycles. The third-order valence-corrected chi connectivity index (χ3v) is 21.0. The summed E-state index contributed by atoms with van der Waals surface area (Å²) in [6.45, 7) is 15.8. The van der Waals surface area contributed by atoms with Crippen LogP contribution in [0.5, 0.6) is 0 Å². The van der Waals surface area contributed by atoms with Gasteiger partial charge in [-0.2, -0.15) is 0 Å². The van der Waals surface area contributed by atoms with Crippen LogP contribution in [0, 0.1) is 39.4 Å². The summed E-state index contributed by atoms with van der Waals surface area (Å²) >= 11 is 0. The van der Waals surface area contributed by atoms with E-state index in [1.165, 1.54) is 26.5 Å². The molecule has 27 nitrogen and oxygen atoms in total. The zero-order chi connectivity index (χ0) is 59.7. The number of hydrogen-bond donors (Lipinski definition) is 10. The van der Waals surface area contributed by atoms with Gasteiger partial charge < -0.3 is 112 Å². The van der Waals surface area contributed by atoms with Gasteiger partial charge >= 0.3 is 5.97 Å². The molecule has 9 fully saturated rings. The summed E-state index contributed by atoms with van der Waals surface area (Å²) in [5.74, 6) is -0.0907. The highest BCUT2D eigenvalue weighted by atomic mass is 32.3. The van der Waals surface area contributed by atoms with E-state index < -0.39 is 187 Å². The van der Waals surface area contributed by atoms with E-state index in [2.05, 4.69) is 40.3 Å². The average Bonchev–Trinajstić information content (AvgIpc) is 1.84. The number of carbonyl (C=O) groups excluding carboxylic acids is 1. The highest BCUT2D eigenvalue weighted by Crippen LogP contribution is 2.76. The molecule has 0 amide bonds. The summed E-state index contributed by atoms with van der Waals surface area (Å²) in [7, 11) is -4.26. The Morgan fingerprint density at radius 2 is 1.33 bits per heavy atom. The minimum atomic E-state index is -5.49. The van der Waals surface area contributed by atoms with Crippen LogP contribution in [-0.2, 0) is 76.2 Å². The second-order valence-corrected chi connectivity index (χ2v) is 26.5. The van der Waals surface area contributed by atoms with Gasteiger partial charge in [-0.15, -0.1) is 0 Å². The normalized spacial score (nSPS) is 52.9. The van der Waals surface area contributed by atoms with Crippen molar-refractivity contribution in [2.75, 3.05) is 26.9 Å². The molecular weight excluding hydrogens is 1110 g/mol. The van der Waals surface area contributed by atoms with E-state index in [0.29, 0.717) is 32.1 Å².